The van der Waals surface area contributed by atoms with E-state index in [1.807, 2.05) is 13.0 Å². The molecule has 3 aromatic rings. The van der Waals surface area contributed by atoms with Crippen molar-refractivity contribution >= 4 is 22.8 Å². The molecule has 0 amide bonds. The molecule has 0 fully saturated rings. The predicted octanol–water partition coefficient (Wildman–Crippen LogP) is 2.96. The van der Waals surface area contributed by atoms with E-state index in [1.165, 1.54) is 0 Å². The topological polar surface area (TPSA) is 108 Å². The first-order chi connectivity index (χ1) is 15.8. The molecule has 2 aliphatic heterocycles. The predicted molar refractivity (Wildman–Crippen MR) is 120 cm³/mol. The number of esters is 2. The molecular formula is C25H24N2O6. The number of hydrogen-bond acceptors (Lipinski definition) is 7. The summed E-state index contributed by atoms with van der Waals surface area (Å²) in [7, 11) is 0. The Morgan fingerprint density at radius 2 is 2.00 bits per heavy atom. The van der Waals surface area contributed by atoms with Gasteiger partial charge in [-0.2, -0.15) is 0 Å². The zero-order valence-electron chi connectivity index (χ0n) is 18.7. The van der Waals surface area contributed by atoms with Crippen molar-refractivity contribution in [3.63, 3.8) is 0 Å². The molecule has 33 heavy (non-hydrogen) atoms. The molecule has 5 rings (SSSR count). The van der Waals surface area contributed by atoms with Gasteiger partial charge in [0.05, 0.1) is 29.0 Å². The molecule has 0 aliphatic carbocycles. The van der Waals surface area contributed by atoms with Crippen LogP contribution in [0, 0.1) is 0 Å². The first-order valence-electron chi connectivity index (χ1n) is 11.2. The van der Waals surface area contributed by atoms with Gasteiger partial charge in [0.2, 0.25) is 0 Å². The fraction of sp³-hybridized carbons (Fsp3) is 0.360. The summed E-state index contributed by atoms with van der Waals surface area (Å²) in [5, 5.41) is 11.9. The molecule has 1 N–H and O–H groups in total. The Labute approximate surface area is 189 Å². The van der Waals surface area contributed by atoms with Crippen LogP contribution in [0.2, 0.25) is 0 Å². The van der Waals surface area contributed by atoms with Gasteiger partial charge in [-0.05, 0) is 42.7 Å². The average Bonchev–Trinajstić information content (AvgIpc) is 3.18. The van der Waals surface area contributed by atoms with Gasteiger partial charge < -0.3 is 19.1 Å². The monoisotopic (exact) mass is 448 g/mol. The Balaban J connectivity index is 1.73. The zero-order valence-corrected chi connectivity index (χ0v) is 18.7. The summed E-state index contributed by atoms with van der Waals surface area (Å²) in [4.78, 5) is 42.3. The first kappa shape index (κ1) is 21.3. The van der Waals surface area contributed by atoms with Gasteiger partial charge in [0, 0.05) is 22.9 Å². The highest BCUT2D eigenvalue weighted by atomic mass is 16.6. The minimum Gasteiger partial charge on any atom is -0.458 e. The molecular weight excluding hydrogens is 424 g/mol. The summed E-state index contributed by atoms with van der Waals surface area (Å²) in [5.74, 6) is -0.598. The fourth-order valence-electron chi connectivity index (χ4n) is 4.81. The number of carbonyl (C=O) groups excluding carboxylic acids is 2. The molecule has 0 saturated carbocycles. The number of benzene rings is 1. The highest BCUT2D eigenvalue weighted by Crippen LogP contribution is 2.40. The average molecular weight is 448 g/mol. The molecule has 0 spiro atoms. The lowest BCUT2D eigenvalue weighted by atomic mass is 9.86. The maximum absolute atomic E-state index is 13.4. The third-order valence-electron chi connectivity index (χ3n) is 6.65. The van der Waals surface area contributed by atoms with E-state index in [9.17, 15) is 19.5 Å². The fourth-order valence-corrected chi connectivity index (χ4v) is 4.81. The Kier molecular flexibility index (Phi) is 4.86. The summed E-state index contributed by atoms with van der Waals surface area (Å²) < 4.78 is 12.1. The maximum Gasteiger partial charge on any atom is 0.343 e. The second kappa shape index (κ2) is 7.52. The lowest BCUT2D eigenvalue weighted by Gasteiger charge is -2.31. The molecule has 1 atom stereocenters. The molecule has 8 nitrogen and oxygen atoms in total. The summed E-state index contributed by atoms with van der Waals surface area (Å²) in [5.41, 5.74) is 2.34. The molecule has 0 bridgehead atoms. The van der Waals surface area contributed by atoms with Crippen LogP contribution < -0.4 is 10.3 Å². The van der Waals surface area contributed by atoms with E-state index in [4.69, 9.17) is 14.5 Å². The molecule has 4 heterocycles. The number of aryl methyl sites for hydroxylation is 1. The zero-order chi connectivity index (χ0) is 23.5. The quantitative estimate of drug-likeness (QED) is 0.378. The number of hydrogen-bond donors (Lipinski definition) is 1. The van der Waals surface area contributed by atoms with Crippen LogP contribution in [0.3, 0.4) is 0 Å². The van der Waals surface area contributed by atoms with Gasteiger partial charge in [-0.15, -0.1) is 0 Å². The molecule has 2 aromatic heterocycles. The summed E-state index contributed by atoms with van der Waals surface area (Å²) >= 11 is 0. The van der Waals surface area contributed by atoms with Crippen LogP contribution in [-0.2, 0) is 39.5 Å². The van der Waals surface area contributed by atoms with Crippen molar-refractivity contribution in [3.8, 4) is 17.1 Å². The van der Waals surface area contributed by atoms with Gasteiger partial charge in [0.25, 0.3) is 5.56 Å². The van der Waals surface area contributed by atoms with Crippen molar-refractivity contribution in [2.75, 3.05) is 0 Å². The largest absolute Gasteiger partial charge is 0.458 e. The molecule has 0 unspecified atom stereocenters. The summed E-state index contributed by atoms with van der Waals surface area (Å²) in [6.45, 7) is 5.62. The van der Waals surface area contributed by atoms with Crippen LogP contribution in [0.15, 0.2) is 29.1 Å². The second-order valence-electron chi connectivity index (χ2n) is 8.38. The van der Waals surface area contributed by atoms with Crippen molar-refractivity contribution in [1.29, 1.82) is 0 Å². The number of cyclic esters (lactones) is 1. The summed E-state index contributed by atoms with van der Waals surface area (Å²) in [6, 6.07) is 7.03. The lowest BCUT2D eigenvalue weighted by Crippen LogP contribution is -2.44. The van der Waals surface area contributed by atoms with E-state index >= 15 is 0 Å². The SMILES string of the molecule is CCC(=O)Oc1ccc2nc3c(c(CC)c2c1)Cn1c-3cc2c(c1=O)COC(=O)[C@]2(O)CC. The Hall–Kier alpha value is -3.52. The van der Waals surface area contributed by atoms with E-state index in [0.717, 1.165) is 16.5 Å². The molecule has 0 radical (unpaired) electrons. The van der Waals surface area contributed by atoms with Crippen LogP contribution >= 0.6 is 0 Å². The number of carbonyl (C=O) groups is 2. The third kappa shape index (κ3) is 3.01. The normalized spacial score (nSPS) is 18.5. The Morgan fingerprint density at radius 3 is 2.70 bits per heavy atom. The van der Waals surface area contributed by atoms with Crippen molar-refractivity contribution in [3.05, 3.63) is 56.9 Å². The number of pyridine rings is 2. The molecule has 170 valence electrons. The van der Waals surface area contributed by atoms with E-state index < -0.39 is 11.6 Å². The van der Waals surface area contributed by atoms with E-state index in [1.54, 1.807) is 36.6 Å². The van der Waals surface area contributed by atoms with E-state index in [-0.39, 0.29) is 31.0 Å². The smallest absolute Gasteiger partial charge is 0.343 e. The second-order valence-corrected chi connectivity index (χ2v) is 8.38. The number of ether oxygens (including phenoxy) is 2. The highest BCUT2D eigenvalue weighted by molar-refractivity contribution is 5.90. The summed E-state index contributed by atoms with van der Waals surface area (Å²) in [6.07, 6.45) is 1.06. The number of rotatable bonds is 4. The number of fused-ring (bicyclic) bond motifs is 5. The van der Waals surface area contributed by atoms with E-state index in [2.05, 4.69) is 0 Å². The van der Waals surface area contributed by atoms with Gasteiger partial charge in [0.15, 0.2) is 5.60 Å². The van der Waals surface area contributed by atoms with Crippen molar-refractivity contribution in [2.24, 2.45) is 0 Å². The van der Waals surface area contributed by atoms with Gasteiger partial charge in [-0.25, -0.2) is 9.78 Å². The van der Waals surface area contributed by atoms with Crippen LogP contribution in [-0.4, -0.2) is 26.6 Å². The van der Waals surface area contributed by atoms with Crippen molar-refractivity contribution in [1.82, 2.24) is 9.55 Å². The van der Waals surface area contributed by atoms with Gasteiger partial charge in [-0.1, -0.05) is 20.8 Å². The van der Waals surface area contributed by atoms with Gasteiger partial charge >= 0.3 is 11.9 Å². The van der Waals surface area contributed by atoms with E-state index in [0.29, 0.717) is 46.7 Å². The van der Waals surface area contributed by atoms with Crippen molar-refractivity contribution < 1.29 is 24.2 Å². The van der Waals surface area contributed by atoms with Crippen molar-refractivity contribution in [2.45, 2.75) is 58.8 Å². The van der Waals surface area contributed by atoms with Crippen LogP contribution in [0.1, 0.15) is 55.9 Å². The maximum atomic E-state index is 13.4. The molecule has 1 aromatic carbocycles. The van der Waals surface area contributed by atoms with Crippen LogP contribution in [0.4, 0.5) is 0 Å². The minimum absolute atomic E-state index is 0.0964. The standard InChI is InChI=1S/C25H24N2O6/c1-4-14-15-9-13(33-21(28)5-2)7-8-19(15)26-22-16(14)11-27-20(22)10-18-17(23(27)29)12-32-24(30)25(18,31)6-3/h7-10,31H,4-6,11-12H2,1-3H3/t25-/m0/s1. The molecule has 0 saturated heterocycles. The third-order valence-corrected chi connectivity index (χ3v) is 6.65. The number of aromatic nitrogens is 2. The van der Waals surface area contributed by atoms with Gasteiger partial charge in [0.1, 0.15) is 12.4 Å². The molecule has 2 aliphatic rings. The van der Waals surface area contributed by atoms with Crippen LogP contribution in [0.25, 0.3) is 22.3 Å². The Morgan fingerprint density at radius 1 is 1.21 bits per heavy atom. The Bertz CT molecular complexity index is 1410. The first-order valence-corrected chi connectivity index (χ1v) is 11.2. The van der Waals surface area contributed by atoms with Gasteiger partial charge in [-0.3, -0.25) is 9.59 Å². The van der Waals surface area contributed by atoms with Crippen LogP contribution in [0.5, 0.6) is 5.75 Å². The number of nitrogens with zero attached hydrogens (tertiary/aromatic N) is 2. The lowest BCUT2D eigenvalue weighted by molar-refractivity contribution is -0.172. The number of aliphatic hydroxyl groups is 1. The molecule has 8 heteroatoms. The minimum atomic E-state index is -1.85. The highest BCUT2D eigenvalue weighted by Gasteiger charge is 2.45.